The van der Waals surface area contributed by atoms with E-state index in [0.717, 1.165) is 17.0 Å². The van der Waals surface area contributed by atoms with Crippen molar-refractivity contribution in [1.29, 1.82) is 0 Å². The van der Waals surface area contributed by atoms with E-state index in [-0.39, 0.29) is 0 Å². The summed E-state index contributed by atoms with van der Waals surface area (Å²) >= 11 is 1.87. The Labute approximate surface area is 108 Å². The van der Waals surface area contributed by atoms with E-state index in [4.69, 9.17) is 0 Å². The van der Waals surface area contributed by atoms with Gasteiger partial charge in [-0.1, -0.05) is 25.6 Å². The monoisotopic (exact) mass is 254 g/mol. The fourth-order valence-electron chi connectivity index (χ4n) is 2.82. The van der Waals surface area contributed by atoms with E-state index in [1.807, 2.05) is 23.5 Å². The summed E-state index contributed by atoms with van der Waals surface area (Å²) in [6.45, 7) is 4.71. The molecule has 1 aromatic rings. The number of aromatic nitrogens is 3. The second-order valence-corrected chi connectivity index (χ2v) is 6.34. The van der Waals surface area contributed by atoms with Crippen molar-refractivity contribution in [1.82, 2.24) is 20.1 Å². The highest BCUT2D eigenvalue weighted by molar-refractivity contribution is 7.99. The van der Waals surface area contributed by atoms with Crippen LogP contribution in [0.1, 0.15) is 26.7 Å². The zero-order valence-corrected chi connectivity index (χ0v) is 11.9. The van der Waals surface area contributed by atoms with Crippen molar-refractivity contribution in [2.75, 3.05) is 7.05 Å². The first kappa shape index (κ1) is 12.9. The van der Waals surface area contributed by atoms with Gasteiger partial charge in [-0.3, -0.25) is 0 Å². The second kappa shape index (κ2) is 5.40. The third kappa shape index (κ3) is 2.83. The molecule has 0 amide bonds. The summed E-state index contributed by atoms with van der Waals surface area (Å²) in [5.41, 5.74) is 0. The second-order valence-electron chi connectivity index (χ2n) is 5.20. The molecule has 0 aliphatic heterocycles. The van der Waals surface area contributed by atoms with E-state index in [9.17, 15) is 0 Å². The van der Waals surface area contributed by atoms with Crippen LogP contribution in [0.5, 0.6) is 0 Å². The van der Waals surface area contributed by atoms with Gasteiger partial charge in [-0.05, 0) is 31.7 Å². The molecule has 4 unspecified atom stereocenters. The maximum Gasteiger partial charge on any atom is 0.186 e. The topological polar surface area (TPSA) is 42.7 Å². The van der Waals surface area contributed by atoms with Crippen molar-refractivity contribution in [3.8, 4) is 0 Å². The van der Waals surface area contributed by atoms with E-state index >= 15 is 0 Å². The Balaban J connectivity index is 2.09. The lowest BCUT2D eigenvalue weighted by Gasteiger charge is -2.38. The highest BCUT2D eigenvalue weighted by atomic mass is 32.2. The predicted octanol–water partition coefficient (Wildman–Crippen LogP) is 1.93. The van der Waals surface area contributed by atoms with Crippen molar-refractivity contribution in [3.05, 3.63) is 6.33 Å². The van der Waals surface area contributed by atoms with Gasteiger partial charge in [0, 0.05) is 18.3 Å². The van der Waals surface area contributed by atoms with Crippen LogP contribution in [0.15, 0.2) is 11.5 Å². The van der Waals surface area contributed by atoms with Gasteiger partial charge in [-0.15, -0.1) is 0 Å². The predicted molar refractivity (Wildman–Crippen MR) is 71.1 cm³/mol. The van der Waals surface area contributed by atoms with E-state index in [1.54, 1.807) is 6.33 Å². The molecule has 1 heterocycles. The van der Waals surface area contributed by atoms with Crippen LogP contribution in [-0.2, 0) is 7.05 Å². The molecule has 1 N–H and O–H groups in total. The number of aryl methyl sites for hydroxylation is 1. The van der Waals surface area contributed by atoms with Crippen LogP contribution in [-0.4, -0.2) is 33.1 Å². The molecule has 5 heteroatoms. The van der Waals surface area contributed by atoms with Gasteiger partial charge in [0.15, 0.2) is 5.16 Å². The molecule has 0 saturated heterocycles. The summed E-state index contributed by atoms with van der Waals surface area (Å²) in [5, 5.41) is 9.23. The third-order valence-corrected chi connectivity index (χ3v) is 5.32. The van der Waals surface area contributed by atoms with Gasteiger partial charge >= 0.3 is 0 Å². The Kier molecular flexibility index (Phi) is 4.09. The average molecular weight is 254 g/mol. The molecule has 4 nitrogen and oxygen atoms in total. The number of hydrogen-bond acceptors (Lipinski definition) is 4. The lowest BCUT2D eigenvalue weighted by Crippen LogP contribution is -2.44. The van der Waals surface area contributed by atoms with E-state index in [0.29, 0.717) is 11.3 Å². The largest absolute Gasteiger partial charge is 0.316 e. The molecule has 0 radical (unpaired) electrons. The summed E-state index contributed by atoms with van der Waals surface area (Å²) in [7, 11) is 4.03. The summed E-state index contributed by atoms with van der Waals surface area (Å²) in [6, 6.07) is 0.579. The summed E-state index contributed by atoms with van der Waals surface area (Å²) in [6.07, 6.45) is 4.21. The molecular weight excluding hydrogens is 232 g/mol. The number of nitrogens with zero attached hydrogens (tertiary/aromatic N) is 3. The van der Waals surface area contributed by atoms with Crippen molar-refractivity contribution in [3.63, 3.8) is 0 Å². The van der Waals surface area contributed by atoms with Crippen molar-refractivity contribution >= 4 is 11.8 Å². The third-order valence-electron chi connectivity index (χ3n) is 3.67. The smallest absolute Gasteiger partial charge is 0.186 e. The zero-order valence-electron chi connectivity index (χ0n) is 11.1. The van der Waals surface area contributed by atoms with Gasteiger partial charge in [0.25, 0.3) is 0 Å². The zero-order chi connectivity index (χ0) is 12.4. The minimum absolute atomic E-state index is 0.579. The van der Waals surface area contributed by atoms with Gasteiger partial charge in [-0.2, -0.15) is 5.10 Å². The molecule has 1 saturated carbocycles. The first-order valence-electron chi connectivity index (χ1n) is 6.29. The lowest BCUT2D eigenvalue weighted by molar-refractivity contribution is 0.256. The molecule has 0 spiro atoms. The van der Waals surface area contributed by atoms with Crippen LogP contribution < -0.4 is 5.32 Å². The molecule has 0 aromatic carbocycles. The van der Waals surface area contributed by atoms with E-state index in [2.05, 4.69) is 36.3 Å². The number of nitrogens with one attached hydrogen (secondary N) is 1. The van der Waals surface area contributed by atoms with Crippen molar-refractivity contribution in [2.45, 2.75) is 43.1 Å². The van der Waals surface area contributed by atoms with Crippen LogP contribution in [0.3, 0.4) is 0 Å². The summed E-state index contributed by atoms with van der Waals surface area (Å²) < 4.78 is 1.86. The number of hydrogen-bond donors (Lipinski definition) is 1. The molecular formula is C12H22N4S. The Morgan fingerprint density at radius 2 is 2.18 bits per heavy atom. The molecule has 1 aliphatic rings. The van der Waals surface area contributed by atoms with Gasteiger partial charge in [0.1, 0.15) is 6.33 Å². The van der Waals surface area contributed by atoms with Crippen LogP contribution in [0.2, 0.25) is 0 Å². The van der Waals surface area contributed by atoms with Crippen molar-refractivity contribution < 1.29 is 0 Å². The Morgan fingerprint density at radius 1 is 1.41 bits per heavy atom. The SMILES string of the molecule is CNC1CC(C)CC(C)C1Sc1ncnn1C. The van der Waals surface area contributed by atoms with Crippen LogP contribution in [0, 0.1) is 11.8 Å². The standard InChI is InChI=1S/C12H22N4S/c1-8-5-9(2)11(10(6-8)13-3)17-12-14-7-15-16(12)4/h7-11,13H,5-6H2,1-4H3. The van der Waals surface area contributed by atoms with Crippen LogP contribution in [0.25, 0.3) is 0 Å². The first-order chi connectivity index (χ1) is 8.11. The van der Waals surface area contributed by atoms with E-state index in [1.165, 1.54) is 12.8 Å². The summed E-state index contributed by atoms with van der Waals surface area (Å²) in [4.78, 5) is 4.32. The van der Waals surface area contributed by atoms with Crippen LogP contribution >= 0.6 is 11.8 Å². The molecule has 96 valence electrons. The number of thioether (sulfide) groups is 1. The van der Waals surface area contributed by atoms with E-state index < -0.39 is 0 Å². The average Bonchev–Trinajstić information content (AvgIpc) is 2.68. The molecule has 17 heavy (non-hydrogen) atoms. The van der Waals surface area contributed by atoms with Gasteiger partial charge in [-0.25, -0.2) is 9.67 Å². The highest BCUT2D eigenvalue weighted by Gasteiger charge is 2.34. The van der Waals surface area contributed by atoms with Crippen LogP contribution in [0.4, 0.5) is 0 Å². The Bertz CT molecular complexity index is 365. The summed E-state index contributed by atoms with van der Waals surface area (Å²) in [5.74, 6) is 1.54. The highest BCUT2D eigenvalue weighted by Crippen LogP contribution is 2.38. The molecule has 2 rings (SSSR count). The van der Waals surface area contributed by atoms with Gasteiger partial charge in [0.05, 0.1) is 0 Å². The number of rotatable bonds is 3. The maximum absolute atomic E-state index is 4.32. The Hall–Kier alpha value is -0.550. The fraction of sp³-hybridized carbons (Fsp3) is 0.833. The minimum Gasteiger partial charge on any atom is -0.316 e. The Morgan fingerprint density at radius 3 is 2.76 bits per heavy atom. The molecule has 4 atom stereocenters. The quantitative estimate of drug-likeness (QED) is 0.895. The lowest BCUT2D eigenvalue weighted by atomic mass is 9.80. The van der Waals surface area contributed by atoms with Gasteiger partial charge < -0.3 is 5.32 Å². The fourth-order valence-corrected chi connectivity index (χ4v) is 4.13. The molecule has 1 aliphatic carbocycles. The molecule has 0 bridgehead atoms. The molecule has 1 fully saturated rings. The first-order valence-corrected chi connectivity index (χ1v) is 7.17. The normalized spacial score (nSPS) is 33.9. The minimum atomic E-state index is 0.579. The maximum atomic E-state index is 4.32. The van der Waals surface area contributed by atoms with Gasteiger partial charge in [0.2, 0.25) is 0 Å². The van der Waals surface area contributed by atoms with Crippen molar-refractivity contribution in [2.24, 2.45) is 18.9 Å². The molecule has 1 aromatic heterocycles.